The minimum atomic E-state index is -4.50. The number of carbonyl (C=O) groups excluding carboxylic acids is 2. The predicted molar refractivity (Wildman–Crippen MR) is 79.7 cm³/mol. The summed E-state index contributed by atoms with van der Waals surface area (Å²) < 4.78 is 49.0. The molecule has 1 aliphatic carbocycles. The molecule has 0 N–H and O–H groups in total. The molecule has 0 spiro atoms. The van der Waals surface area contributed by atoms with E-state index in [9.17, 15) is 22.8 Å². The first-order valence-electron chi connectivity index (χ1n) is 7.30. The highest BCUT2D eigenvalue weighted by atomic mass is 19.4. The summed E-state index contributed by atoms with van der Waals surface area (Å²) in [7, 11) is 2.38. The van der Waals surface area contributed by atoms with Crippen molar-refractivity contribution in [1.29, 1.82) is 0 Å². The lowest BCUT2D eigenvalue weighted by molar-refractivity contribution is -0.157. The molecule has 0 saturated heterocycles. The Bertz CT molecular complexity index is 664. The molecule has 1 aromatic carbocycles. The molecule has 7 heteroatoms. The number of carbonyl (C=O) groups is 2. The van der Waals surface area contributed by atoms with Crippen LogP contribution in [0.3, 0.4) is 0 Å². The van der Waals surface area contributed by atoms with E-state index in [2.05, 4.69) is 4.74 Å². The molecule has 1 aliphatic rings. The third-order valence-corrected chi connectivity index (χ3v) is 4.13. The topological polar surface area (TPSA) is 52.6 Å². The number of ether oxygens (including phenoxy) is 2. The smallest absolute Gasteiger partial charge is 0.416 e. The van der Waals surface area contributed by atoms with Gasteiger partial charge in [0.1, 0.15) is 0 Å². The summed E-state index contributed by atoms with van der Waals surface area (Å²) in [6.45, 7) is 0. The molecule has 0 heterocycles. The number of methoxy groups -OCH3 is 2. The summed E-state index contributed by atoms with van der Waals surface area (Å²) in [4.78, 5) is 23.8. The number of benzene rings is 1. The molecule has 0 fully saturated rings. The molecule has 0 bridgehead atoms. The molecular formula is C17H17F3O4. The molecule has 1 unspecified atom stereocenters. The van der Waals surface area contributed by atoms with Gasteiger partial charge in [-0.25, -0.2) is 0 Å². The Labute approximate surface area is 137 Å². The van der Waals surface area contributed by atoms with Gasteiger partial charge in [0.2, 0.25) is 0 Å². The van der Waals surface area contributed by atoms with Crippen molar-refractivity contribution in [3.05, 3.63) is 41.5 Å². The fourth-order valence-corrected chi connectivity index (χ4v) is 2.94. The van der Waals surface area contributed by atoms with E-state index in [0.29, 0.717) is 5.57 Å². The number of hydrogen-bond acceptors (Lipinski definition) is 4. The van der Waals surface area contributed by atoms with Crippen LogP contribution in [-0.2, 0) is 25.2 Å². The Morgan fingerprint density at radius 2 is 1.62 bits per heavy atom. The van der Waals surface area contributed by atoms with E-state index in [0.717, 1.165) is 6.07 Å². The number of alkyl halides is 3. The number of halogens is 3. The maximum atomic E-state index is 13.2. The SMILES string of the molecule is COC(=O)C1CC(c2ccccc2C(F)(F)F)=CC[C@@H]1C(=O)OC. The summed E-state index contributed by atoms with van der Waals surface area (Å²) in [6.07, 6.45) is -2.84. The molecule has 0 radical (unpaired) electrons. The molecule has 24 heavy (non-hydrogen) atoms. The van der Waals surface area contributed by atoms with Gasteiger partial charge in [-0.05, 0) is 30.0 Å². The van der Waals surface area contributed by atoms with Gasteiger partial charge in [0, 0.05) is 0 Å². The van der Waals surface area contributed by atoms with Crippen molar-refractivity contribution in [3.63, 3.8) is 0 Å². The van der Waals surface area contributed by atoms with Gasteiger partial charge in [-0.15, -0.1) is 0 Å². The number of hydrogen-bond donors (Lipinski definition) is 0. The lowest BCUT2D eigenvalue weighted by atomic mass is 9.77. The summed E-state index contributed by atoms with van der Waals surface area (Å²) >= 11 is 0. The van der Waals surface area contributed by atoms with Crippen molar-refractivity contribution in [1.82, 2.24) is 0 Å². The van der Waals surface area contributed by atoms with Crippen molar-refractivity contribution in [2.75, 3.05) is 14.2 Å². The number of rotatable bonds is 3. The summed E-state index contributed by atoms with van der Waals surface area (Å²) in [6, 6.07) is 5.17. The van der Waals surface area contributed by atoms with Crippen LogP contribution < -0.4 is 0 Å². The van der Waals surface area contributed by atoms with Crippen LogP contribution in [-0.4, -0.2) is 26.2 Å². The summed E-state index contributed by atoms with van der Waals surface area (Å²) in [5, 5.41) is 0. The molecule has 0 saturated carbocycles. The van der Waals surface area contributed by atoms with E-state index in [4.69, 9.17) is 4.74 Å². The zero-order valence-electron chi connectivity index (χ0n) is 13.2. The zero-order chi connectivity index (χ0) is 17.9. The van der Waals surface area contributed by atoms with Crippen molar-refractivity contribution >= 4 is 17.5 Å². The molecule has 4 nitrogen and oxygen atoms in total. The standard InChI is InChI=1S/C17H17F3O4/c1-23-15(21)12-8-7-10(9-13(12)16(22)24-2)11-5-3-4-6-14(11)17(18,19)20/h3-7,12-13H,8-9H2,1-2H3/t12-,13?/m0/s1. The highest BCUT2D eigenvalue weighted by Crippen LogP contribution is 2.41. The maximum absolute atomic E-state index is 13.2. The van der Waals surface area contributed by atoms with E-state index in [-0.39, 0.29) is 18.4 Å². The fourth-order valence-electron chi connectivity index (χ4n) is 2.94. The van der Waals surface area contributed by atoms with Crippen molar-refractivity contribution < 1.29 is 32.2 Å². The third kappa shape index (κ3) is 3.60. The highest BCUT2D eigenvalue weighted by Gasteiger charge is 2.40. The summed E-state index contributed by atoms with van der Waals surface area (Å²) in [5.41, 5.74) is -0.378. The van der Waals surface area contributed by atoms with Crippen molar-refractivity contribution in [3.8, 4) is 0 Å². The van der Waals surface area contributed by atoms with Gasteiger partial charge in [-0.3, -0.25) is 9.59 Å². The van der Waals surface area contributed by atoms with Gasteiger partial charge in [0.05, 0.1) is 31.6 Å². The third-order valence-electron chi connectivity index (χ3n) is 4.13. The largest absolute Gasteiger partial charge is 0.469 e. The molecule has 1 aromatic rings. The molecular weight excluding hydrogens is 325 g/mol. The first-order valence-corrected chi connectivity index (χ1v) is 7.30. The van der Waals surface area contributed by atoms with Gasteiger partial charge in [-0.1, -0.05) is 24.3 Å². The van der Waals surface area contributed by atoms with Crippen LogP contribution in [0.2, 0.25) is 0 Å². The van der Waals surface area contributed by atoms with Crippen LogP contribution in [0.25, 0.3) is 5.57 Å². The predicted octanol–water partition coefficient (Wildman–Crippen LogP) is 3.46. The number of allylic oxidation sites excluding steroid dienone is 2. The molecule has 0 amide bonds. The van der Waals surface area contributed by atoms with Crippen LogP contribution in [0.5, 0.6) is 0 Å². The lowest BCUT2D eigenvalue weighted by Gasteiger charge is -2.28. The van der Waals surface area contributed by atoms with E-state index in [1.54, 1.807) is 6.08 Å². The quantitative estimate of drug-likeness (QED) is 0.790. The second-order valence-corrected chi connectivity index (χ2v) is 5.47. The Morgan fingerprint density at radius 3 is 2.21 bits per heavy atom. The van der Waals surface area contributed by atoms with Crippen LogP contribution >= 0.6 is 0 Å². The lowest BCUT2D eigenvalue weighted by Crippen LogP contribution is -2.33. The van der Waals surface area contributed by atoms with Gasteiger partial charge < -0.3 is 9.47 Å². The molecule has 0 aromatic heterocycles. The van der Waals surface area contributed by atoms with Crippen LogP contribution in [0.4, 0.5) is 13.2 Å². The Kier molecular flexibility index (Phi) is 5.31. The zero-order valence-corrected chi connectivity index (χ0v) is 13.2. The van der Waals surface area contributed by atoms with Crippen LogP contribution in [0.1, 0.15) is 24.0 Å². The minimum Gasteiger partial charge on any atom is -0.469 e. The number of esters is 2. The molecule has 0 aliphatic heterocycles. The first kappa shape index (κ1) is 18.0. The van der Waals surface area contributed by atoms with E-state index >= 15 is 0 Å². The van der Waals surface area contributed by atoms with E-state index in [1.165, 1.54) is 32.4 Å². The Balaban J connectivity index is 2.42. The van der Waals surface area contributed by atoms with Gasteiger partial charge in [-0.2, -0.15) is 13.2 Å². The van der Waals surface area contributed by atoms with Crippen molar-refractivity contribution in [2.24, 2.45) is 11.8 Å². The second kappa shape index (κ2) is 7.07. The Morgan fingerprint density at radius 1 is 1.04 bits per heavy atom. The van der Waals surface area contributed by atoms with E-state index < -0.39 is 35.5 Å². The average molecular weight is 342 g/mol. The molecule has 2 rings (SSSR count). The van der Waals surface area contributed by atoms with E-state index in [1.807, 2.05) is 0 Å². The van der Waals surface area contributed by atoms with Gasteiger partial charge >= 0.3 is 18.1 Å². The van der Waals surface area contributed by atoms with Crippen molar-refractivity contribution in [2.45, 2.75) is 19.0 Å². The first-order chi connectivity index (χ1) is 11.3. The minimum absolute atomic E-state index is 0.0144. The normalized spacial score (nSPS) is 21.0. The Hall–Kier alpha value is -2.31. The second-order valence-electron chi connectivity index (χ2n) is 5.47. The monoisotopic (exact) mass is 342 g/mol. The molecule has 2 atom stereocenters. The van der Waals surface area contributed by atoms with Crippen LogP contribution in [0, 0.1) is 11.8 Å². The van der Waals surface area contributed by atoms with Gasteiger partial charge in [0.15, 0.2) is 0 Å². The maximum Gasteiger partial charge on any atom is 0.416 e. The molecule has 130 valence electrons. The fraction of sp³-hybridized carbons (Fsp3) is 0.412. The summed E-state index contributed by atoms with van der Waals surface area (Å²) in [5.74, 6) is -2.85. The van der Waals surface area contributed by atoms with Crippen LogP contribution in [0.15, 0.2) is 30.3 Å². The van der Waals surface area contributed by atoms with Gasteiger partial charge in [0.25, 0.3) is 0 Å². The highest BCUT2D eigenvalue weighted by molar-refractivity contribution is 5.86. The average Bonchev–Trinajstić information content (AvgIpc) is 2.59.